The van der Waals surface area contributed by atoms with E-state index in [2.05, 4.69) is 18.7 Å². The summed E-state index contributed by atoms with van der Waals surface area (Å²) in [6.07, 6.45) is 0.737. The summed E-state index contributed by atoms with van der Waals surface area (Å²) in [6, 6.07) is 10.1. The van der Waals surface area contributed by atoms with Gasteiger partial charge in [0, 0.05) is 64.3 Å². The Kier molecular flexibility index (Phi) is 8.35. The average Bonchev–Trinajstić information content (AvgIpc) is 3.14. The third-order valence-electron chi connectivity index (χ3n) is 7.48. The summed E-state index contributed by atoms with van der Waals surface area (Å²) >= 11 is 0. The molecule has 9 heteroatoms. The number of anilines is 1. The number of aromatic nitrogens is 2. The van der Waals surface area contributed by atoms with Gasteiger partial charge in [-0.1, -0.05) is 6.07 Å². The van der Waals surface area contributed by atoms with Crippen molar-refractivity contribution in [2.75, 3.05) is 31.1 Å². The molecule has 1 aliphatic heterocycles. The highest BCUT2D eigenvalue weighted by Gasteiger charge is 2.25. The van der Waals surface area contributed by atoms with E-state index in [1.54, 1.807) is 37.1 Å². The molecule has 8 nitrogen and oxygen atoms in total. The van der Waals surface area contributed by atoms with Gasteiger partial charge in [-0.3, -0.25) is 23.6 Å². The first-order chi connectivity index (χ1) is 18.2. The van der Waals surface area contributed by atoms with E-state index in [0.717, 1.165) is 29.6 Å². The van der Waals surface area contributed by atoms with Gasteiger partial charge in [-0.25, -0.2) is 9.18 Å². The number of aryl methyl sites for hydroxylation is 2. The van der Waals surface area contributed by atoms with Gasteiger partial charge >= 0.3 is 5.69 Å². The lowest BCUT2D eigenvalue weighted by Gasteiger charge is -2.30. The number of benzene rings is 2. The lowest BCUT2D eigenvalue weighted by Crippen LogP contribution is -2.41. The minimum atomic E-state index is -0.421. The summed E-state index contributed by atoms with van der Waals surface area (Å²) in [5.74, 6) is -0.748. The Morgan fingerprint density at radius 3 is 2.29 bits per heavy atom. The minimum Gasteiger partial charge on any atom is -0.333 e. The molecule has 2 aromatic carbocycles. The highest BCUT2D eigenvalue weighted by molar-refractivity contribution is 5.98. The van der Waals surface area contributed by atoms with Crippen LogP contribution in [-0.2, 0) is 24.4 Å². The van der Waals surface area contributed by atoms with E-state index in [1.165, 1.54) is 19.1 Å². The first-order valence-corrected chi connectivity index (χ1v) is 13.5. The van der Waals surface area contributed by atoms with Crippen LogP contribution in [0, 0.1) is 5.82 Å². The zero-order valence-corrected chi connectivity index (χ0v) is 23.0. The highest BCUT2D eigenvalue weighted by Crippen LogP contribution is 2.26. The quantitative estimate of drug-likeness (QED) is 0.517. The summed E-state index contributed by atoms with van der Waals surface area (Å²) in [5.41, 5.74) is 3.17. The van der Waals surface area contributed by atoms with Crippen LogP contribution >= 0.6 is 0 Å². The summed E-state index contributed by atoms with van der Waals surface area (Å²) in [4.78, 5) is 45.1. The number of hydrogen-bond donors (Lipinski definition) is 0. The smallest absolute Gasteiger partial charge is 0.329 e. The van der Waals surface area contributed by atoms with Gasteiger partial charge in [0.1, 0.15) is 5.82 Å². The average molecular weight is 524 g/mol. The molecule has 0 spiro atoms. The van der Waals surface area contributed by atoms with Gasteiger partial charge in [0.25, 0.3) is 5.91 Å². The highest BCUT2D eigenvalue weighted by atomic mass is 19.1. The van der Waals surface area contributed by atoms with Crippen molar-refractivity contribution in [3.05, 3.63) is 63.8 Å². The molecule has 4 rings (SSSR count). The number of carbonyl (C=O) groups is 2. The molecule has 1 aromatic heterocycles. The molecule has 1 aliphatic rings. The van der Waals surface area contributed by atoms with Crippen LogP contribution in [0.3, 0.4) is 0 Å². The predicted octanol–water partition coefficient (Wildman–Crippen LogP) is 4.09. The maximum Gasteiger partial charge on any atom is 0.329 e. The number of hydrogen-bond acceptors (Lipinski definition) is 4. The van der Waals surface area contributed by atoms with Gasteiger partial charge < -0.3 is 9.80 Å². The third kappa shape index (κ3) is 5.38. The number of amides is 2. The van der Waals surface area contributed by atoms with Crippen LogP contribution in [0.25, 0.3) is 11.0 Å². The number of nitrogens with zero attached hydrogens (tertiary/aromatic N) is 5. The van der Waals surface area contributed by atoms with Crippen molar-refractivity contribution >= 4 is 28.5 Å². The molecular weight excluding hydrogens is 485 g/mol. The minimum absolute atomic E-state index is 0.0855. The van der Waals surface area contributed by atoms with Gasteiger partial charge in [-0.2, -0.15) is 0 Å². The Bertz CT molecular complexity index is 1390. The zero-order chi connectivity index (χ0) is 27.6. The van der Waals surface area contributed by atoms with Gasteiger partial charge in [0.05, 0.1) is 16.7 Å². The molecule has 0 unspecified atom stereocenters. The lowest BCUT2D eigenvalue weighted by molar-refractivity contribution is -0.116. The van der Waals surface area contributed by atoms with Crippen LogP contribution in [0.5, 0.6) is 0 Å². The van der Waals surface area contributed by atoms with Crippen LogP contribution in [0.15, 0.2) is 41.2 Å². The number of carbonyl (C=O) groups excluding carboxylic acids is 2. The van der Waals surface area contributed by atoms with E-state index in [-0.39, 0.29) is 30.1 Å². The molecule has 3 aromatic rings. The topological polar surface area (TPSA) is 70.8 Å². The molecule has 2 amide bonds. The molecule has 0 saturated heterocycles. The molecule has 0 aliphatic carbocycles. The molecule has 204 valence electrons. The fourth-order valence-electron chi connectivity index (χ4n) is 5.38. The van der Waals surface area contributed by atoms with E-state index in [9.17, 15) is 18.8 Å². The maximum absolute atomic E-state index is 14.3. The Labute approximate surface area is 223 Å². The molecule has 0 saturated carbocycles. The van der Waals surface area contributed by atoms with Crippen LogP contribution in [-0.4, -0.2) is 63.0 Å². The van der Waals surface area contributed by atoms with Crippen molar-refractivity contribution in [3.8, 4) is 0 Å². The van der Waals surface area contributed by atoms with Gasteiger partial charge in [0.15, 0.2) is 0 Å². The molecule has 0 atom stereocenters. The molecule has 2 heterocycles. The first-order valence-electron chi connectivity index (χ1n) is 13.5. The molecule has 0 N–H and O–H groups in total. The lowest BCUT2D eigenvalue weighted by atomic mass is 10.1. The SMILES string of the molecule is CCn1c(=O)n(CC)c2cc(C(=O)N3CCN(C(C)C)CCCN(C(C)=O)c4cc(F)ccc4C3)ccc21. The van der Waals surface area contributed by atoms with Crippen LogP contribution in [0.2, 0.25) is 0 Å². The normalized spacial score (nSPS) is 15.6. The third-order valence-corrected chi connectivity index (χ3v) is 7.48. The Morgan fingerprint density at radius 2 is 1.63 bits per heavy atom. The van der Waals surface area contributed by atoms with Crippen molar-refractivity contribution in [2.45, 2.75) is 66.7 Å². The van der Waals surface area contributed by atoms with E-state index in [0.29, 0.717) is 44.0 Å². The fraction of sp³-hybridized carbons (Fsp3) is 0.483. The number of imidazole rings is 1. The second kappa shape index (κ2) is 11.5. The van der Waals surface area contributed by atoms with E-state index in [1.807, 2.05) is 19.9 Å². The molecule has 0 radical (unpaired) electrons. The van der Waals surface area contributed by atoms with Crippen LogP contribution < -0.4 is 10.6 Å². The zero-order valence-electron chi connectivity index (χ0n) is 23.0. The Morgan fingerprint density at radius 1 is 0.921 bits per heavy atom. The Hall–Kier alpha value is -3.46. The molecule has 38 heavy (non-hydrogen) atoms. The largest absolute Gasteiger partial charge is 0.333 e. The number of halogens is 1. The number of fused-ring (bicyclic) bond motifs is 2. The van der Waals surface area contributed by atoms with Crippen molar-refractivity contribution in [1.29, 1.82) is 0 Å². The number of rotatable bonds is 4. The van der Waals surface area contributed by atoms with Gasteiger partial charge in [-0.15, -0.1) is 0 Å². The van der Waals surface area contributed by atoms with E-state index in [4.69, 9.17) is 0 Å². The second-order valence-electron chi connectivity index (χ2n) is 10.1. The molecule has 0 fully saturated rings. The van der Waals surface area contributed by atoms with E-state index < -0.39 is 5.82 Å². The fourth-order valence-corrected chi connectivity index (χ4v) is 5.38. The van der Waals surface area contributed by atoms with E-state index >= 15 is 0 Å². The van der Waals surface area contributed by atoms with Crippen LogP contribution in [0.1, 0.15) is 57.0 Å². The first kappa shape index (κ1) is 27.6. The monoisotopic (exact) mass is 523 g/mol. The summed E-state index contributed by atoms with van der Waals surface area (Å²) in [6.45, 7) is 13.2. The molecular formula is C29H38FN5O3. The maximum atomic E-state index is 14.3. The van der Waals surface area contributed by atoms with Crippen molar-refractivity contribution in [1.82, 2.24) is 18.9 Å². The second-order valence-corrected chi connectivity index (χ2v) is 10.1. The summed E-state index contributed by atoms with van der Waals surface area (Å²) in [5, 5.41) is 0. The van der Waals surface area contributed by atoms with Crippen molar-refractivity contribution in [3.63, 3.8) is 0 Å². The van der Waals surface area contributed by atoms with Crippen molar-refractivity contribution < 1.29 is 14.0 Å². The molecule has 0 bridgehead atoms. The predicted molar refractivity (Wildman–Crippen MR) is 148 cm³/mol. The van der Waals surface area contributed by atoms with Gasteiger partial charge in [-0.05, 0) is 70.0 Å². The summed E-state index contributed by atoms with van der Waals surface area (Å²) in [7, 11) is 0. The summed E-state index contributed by atoms with van der Waals surface area (Å²) < 4.78 is 17.7. The van der Waals surface area contributed by atoms with Crippen LogP contribution in [0.4, 0.5) is 10.1 Å². The van der Waals surface area contributed by atoms with Crippen molar-refractivity contribution in [2.24, 2.45) is 0 Å². The standard InChI is InChI=1S/C29H38FN5O3/c1-6-33-25-12-10-22(17-27(25)34(7-2)29(33)38)28(37)32-16-15-31(20(3)4)13-8-14-35(21(5)36)26-18-24(30)11-9-23(26)19-32/h9-12,17-18,20H,6-8,13-16,19H2,1-5H3. The Balaban J connectivity index is 1.78. The van der Waals surface area contributed by atoms with Gasteiger partial charge in [0.2, 0.25) is 5.91 Å².